The lowest BCUT2D eigenvalue weighted by atomic mass is 9.99. The van der Waals surface area contributed by atoms with Gasteiger partial charge >= 0.3 is 0 Å². The first-order valence-electron chi connectivity index (χ1n) is 6.93. The predicted octanol–water partition coefficient (Wildman–Crippen LogP) is 4.48. The zero-order chi connectivity index (χ0) is 15.8. The van der Waals surface area contributed by atoms with E-state index in [-0.39, 0.29) is 5.82 Å². The number of aromatic amines is 1. The van der Waals surface area contributed by atoms with Gasteiger partial charge in [-0.3, -0.25) is 5.10 Å². The minimum absolute atomic E-state index is 0.287. The molecule has 112 valence electrons. The Kier molecular flexibility index (Phi) is 3.28. The van der Waals surface area contributed by atoms with E-state index in [2.05, 4.69) is 20.2 Å². The normalized spacial score (nSPS) is 11.0. The number of hydrogen-bond donors (Lipinski definition) is 1. The molecule has 0 fully saturated rings. The van der Waals surface area contributed by atoms with Gasteiger partial charge in [0.1, 0.15) is 11.0 Å². The van der Waals surface area contributed by atoms with Crippen molar-refractivity contribution < 1.29 is 4.39 Å². The molecule has 23 heavy (non-hydrogen) atoms. The largest absolute Gasteiger partial charge is 0.261 e. The molecule has 1 N–H and O–H groups in total. The molecule has 0 saturated carbocycles. The number of nitrogens with zero attached hydrogens (tertiary/aromatic N) is 3. The quantitative estimate of drug-likeness (QED) is 0.553. The predicted molar refractivity (Wildman–Crippen MR) is 87.5 cm³/mol. The summed E-state index contributed by atoms with van der Waals surface area (Å²) in [6.45, 7) is 0. The smallest absolute Gasteiger partial charge is 0.155 e. The van der Waals surface area contributed by atoms with Crippen LogP contribution in [0.5, 0.6) is 0 Å². The lowest BCUT2D eigenvalue weighted by Crippen LogP contribution is -1.91. The molecule has 1 aromatic carbocycles. The van der Waals surface area contributed by atoms with Crippen molar-refractivity contribution in [3.8, 4) is 22.4 Å². The number of benzene rings is 1. The van der Waals surface area contributed by atoms with Crippen LogP contribution in [0, 0.1) is 5.82 Å². The lowest BCUT2D eigenvalue weighted by Gasteiger charge is -2.10. The Labute approximate surface area is 136 Å². The molecule has 6 heteroatoms. The number of H-pyrrole nitrogens is 1. The van der Waals surface area contributed by atoms with Crippen LogP contribution in [0.4, 0.5) is 4.39 Å². The fourth-order valence-electron chi connectivity index (χ4n) is 2.50. The van der Waals surface area contributed by atoms with E-state index in [0.29, 0.717) is 10.8 Å². The molecule has 3 aromatic heterocycles. The van der Waals surface area contributed by atoms with Gasteiger partial charge in [-0.2, -0.15) is 5.10 Å². The molecule has 0 spiro atoms. The maximum absolute atomic E-state index is 13.2. The topological polar surface area (TPSA) is 54.5 Å². The zero-order valence-electron chi connectivity index (χ0n) is 11.8. The first kappa shape index (κ1) is 13.8. The molecule has 0 aliphatic carbocycles. The third-order valence-electron chi connectivity index (χ3n) is 3.58. The van der Waals surface area contributed by atoms with Crippen molar-refractivity contribution in [2.24, 2.45) is 0 Å². The summed E-state index contributed by atoms with van der Waals surface area (Å²) < 4.78 is 13.2. The molecule has 0 saturated heterocycles. The minimum atomic E-state index is -0.287. The molecule has 0 radical (unpaired) electrons. The van der Waals surface area contributed by atoms with Crippen molar-refractivity contribution >= 4 is 22.6 Å². The first-order chi connectivity index (χ1) is 11.2. The van der Waals surface area contributed by atoms with E-state index in [4.69, 9.17) is 11.6 Å². The maximum Gasteiger partial charge on any atom is 0.155 e. The van der Waals surface area contributed by atoms with Crippen molar-refractivity contribution in [1.82, 2.24) is 20.2 Å². The third-order valence-corrected chi connectivity index (χ3v) is 3.79. The highest BCUT2D eigenvalue weighted by molar-refractivity contribution is 6.29. The summed E-state index contributed by atoms with van der Waals surface area (Å²) in [5.74, 6) is -0.287. The Morgan fingerprint density at radius 1 is 1.00 bits per heavy atom. The van der Waals surface area contributed by atoms with Gasteiger partial charge < -0.3 is 0 Å². The van der Waals surface area contributed by atoms with Gasteiger partial charge in [-0.25, -0.2) is 14.4 Å². The van der Waals surface area contributed by atoms with Crippen LogP contribution in [-0.2, 0) is 0 Å². The summed E-state index contributed by atoms with van der Waals surface area (Å²) in [4.78, 5) is 8.65. The summed E-state index contributed by atoms with van der Waals surface area (Å²) >= 11 is 6.01. The van der Waals surface area contributed by atoms with Crippen LogP contribution >= 0.6 is 11.6 Å². The van der Waals surface area contributed by atoms with Crippen molar-refractivity contribution in [3.63, 3.8) is 0 Å². The maximum atomic E-state index is 13.2. The number of aromatic nitrogens is 4. The Balaban J connectivity index is 2.00. The average Bonchev–Trinajstić information content (AvgIpc) is 3.02. The highest BCUT2D eigenvalue weighted by Gasteiger charge is 2.13. The highest BCUT2D eigenvalue weighted by Crippen LogP contribution is 2.33. The molecule has 0 atom stereocenters. The van der Waals surface area contributed by atoms with Crippen molar-refractivity contribution in [1.29, 1.82) is 0 Å². The molecule has 4 rings (SSSR count). The van der Waals surface area contributed by atoms with Crippen LogP contribution in [0.1, 0.15) is 0 Å². The number of nitrogens with one attached hydrogen (secondary N) is 1. The molecule has 0 aliphatic heterocycles. The second-order valence-electron chi connectivity index (χ2n) is 5.07. The van der Waals surface area contributed by atoms with Crippen LogP contribution in [0.25, 0.3) is 33.4 Å². The number of rotatable bonds is 2. The van der Waals surface area contributed by atoms with E-state index in [9.17, 15) is 4.39 Å². The van der Waals surface area contributed by atoms with Crippen LogP contribution in [-0.4, -0.2) is 20.2 Å². The number of pyridine rings is 2. The summed E-state index contributed by atoms with van der Waals surface area (Å²) in [5, 5.41) is 8.16. The lowest BCUT2D eigenvalue weighted by molar-refractivity contribution is 0.628. The molecule has 0 unspecified atom stereocenters. The van der Waals surface area contributed by atoms with Crippen LogP contribution in [0.3, 0.4) is 0 Å². The van der Waals surface area contributed by atoms with E-state index in [1.807, 2.05) is 12.1 Å². The van der Waals surface area contributed by atoms with Crippen molar-refractivity contribution in [3.05, 3.63) is 65.8 Å². The Morgan fingerprint density at radius 3 is 2.61 bits per heavy atom. The molecular weight excluding hydrogens is 315 g/mol. The van der Waals surface area contributed by atoms with Crippen molar-refractivity contribution in [2.75, 3.05) is 0 Å². The monoisotopic (exact) mass is 324 g/mol. The summed E-state index contributed by atoms with van der Waals surface area (Å²) in [6.07, 6.45) is 3.36. The molecule has 4 nitrogen and oxygen atoms in total. The Bertz CT molecular complexity index is 995. The van der Waals surface area contributed by atoms with Gasteiger partial charge in [0, 0.05) is 22.7 Å². The Morgan fingerprint density at radius 2 is 1.83 bits per heavy atom. The minimum Gasteiger partial charge on any atom is -0.261 e. The number of fused-ring (bicyclic) bond motifs is 1. The van der Waals surface area contributed by atoms with Crippen LogP contribution in [0.2, 0.25) is 5.15 Å². The third kappa shape index (κ3) is 2.55. The molecule has 0 amide bonds. The number of hydrogen-bond acceptors (Lipinski definition) is 3. The molecular formula is C17H10ClFN4. The summed E-state index contributed by atoms with van der Waals surface area (Å²) in [6, 6.07) is 11.9. The van der Waals surface area contributed by atoms with Gasteiger partial charge in [-0.15, -0.1) is 0 Å². The van der Waals surface area contributed by atoms with Crippen LogP contribution in [0.15, 0.2) is 54.9 Å². The average molecular weight is 325 g/mol. The molecule has 0 aliphatic rings. The van der Waals surface area contributed by atoms with Gasteiger partial charge in [-0.1, -0.05) is 11.6 Å². The molecule has 0 bridgehead atoms. The van der Waals surface area contributed by atoms with E-state index in [1.54, 1.807) is 30.6 Å². The van der Waals surface area contributed by atoms with Gasteiger partial charge in [0.2, 0.25) is 0 Å². The van der Waals surface area contributed by atoms with E-state index >= 15 is 0 Å². The van der Waals surface area contributed by atoms with Gasteiger partial charge in [-0.05, 0) is 48.0 Å². The van der Waals surface area contributed by atoms with Crippen LogP contribution < -0.4 is 0 Å². The second-order valence-corrected chi connectivity index (χ2v) is 5.45. The SMILES string of the molecule is Fc1ccc(-c2nc3[nH]ncc3cc2-c2ccnc(Cl)c2)cc1. The molecule has 3 heterocycles. The number of halogens is 2. The second kappa shape index (κ2) is 5.44. The van der Waals surface area contributed by atoms with Gasteiger partial charge in [0.15, 0.2) is 5.65 Å². The molecule has 4 aromatic rings. The summed E-state index contributed by atoms with van der Waals surface area (Å²) in [5.41, 5.74) is 3.98. The Hall–Kier alpha value is -2.79. The van der Waals surface area contributed by atoms with E-state index in [1.165, 1.54) is 12.1 Å². The van der Waals surface area contributed by atoms with E-state index in [0.717, 1.165) is 27.8 Å². The van der Waals surface area contributed by atoms with E-state index < -0.39 is 0 Å². The van der Waals surface area contributed by atoms with Gasteiger partial charge in [0.25, 0.3) is 0 Å². The highest BCUT2D eigenvalue weighted by atomic mass is 35.5. The zero-order valence-corrected chi connectivity index (χ0v) is 12.5. The van der Waals surface area contributed by atoms with Crippen molar-refractivity contribution in [2.45, 2.75) is 0 Å². The summed E-state index contributed by atoms with van der Waals surface area (Å²) in [7, 11) is 0. The van der Waals surface area contributed by atoms with Gasteiger partial charge in [0.05, 0.1) is 11.9 Å². The fourth-order valence-corrected chi connectivity index (χ4v) is 2.67. The standard InChI is InChI=1S/C17H10ClFN4/c18-15-8-11(5-6-20-15)14-7-12-9-21-23-17(12)22-16(14)10-1-3-13(19)4-2-10/h1-9H,(H,21,22,23). The fraction of sp³-hybridized carbons (Fsp3) is 0. The first-order valence-corrected chi connectivity index (χ1v) is 7.30.